The maximum absolute atomic E-state index is 10.9. The number of aliphatic hydroxyl groups is 1. The molecule has 13 heavy (non-hydrogen) atoms. The van der Waals surface area contributed by atoms with Crippen molar-refractivity contribution in [1.29, 1.82) is 0 Å². The number of carboxylic acids is 1. The third-order valence-corrected chi connectivity index (χ3v) is 1.48. The van der Waals surface area contributed by atoms with Crippen LogP contribution in [0.1, 0.15) is 26.2 Å². The Labute approximate surface area is 76.8 Å². The summed E-state index contributed by atoms with van der Waals surface area (Å²) in [7, 11) is 0. The standard InChI is InChI=1S/C8H15NO4/c1-2-3-6(10)4-7(11)9-5-8(12)13/h6,10H,2-5H2,1H3,(H,9,11)(H,12,13). The molecule has 5 heteroatoms. The molecule has 0 aliphatic carbocycles. The summed E-state index contributed by atoms with van der Waals surface area (Å²) < 4.78 is 0. The van der Waals surface area contributed by atoms with Gasteiger partial charge in [-0.2, -0.15) is 0 Å². The Kier molecular flexibility index (Phi) is 5.88. The molecule has 0 aliphatic heterocycles. The minimum absolute atomic E-state index is 0.0267. The van der Waals surface area contributed by atoms with Gasteiger partial charge in [0.1, 0.15) is 6.54 Å². The third kappa shape index (κ3) is 7.27. The van der Waals surface area contributed by atoms with E-state index < -0.39 is 24.5 Å². The average Bonchev–Trinajstić information content (AvgIpc) is 2.01. The highest BCUT2D eigenvalue weighted by atomic mass is 16.4. The number of hydrogen-bond acceptors (Lipinski definition) is 3. The van der Waals surface area contributed by atoms with E-state index in [4.69, 9.17) is 5.11 Å². The van der Waals surface area contributed by atoms with E-state index in [9.17, 15) is 14.7 Å². The van der Waals surface area contributed by atoms with Gasteiger partial charge >= 0.3 is 5.97 Å². The van der Waals surface area contributed by atoms with Gasteiger partial charge in [-0.25, -0.2) is 0 Å². The van der Waals surface area contributed by atoms with Gasteiger partial charge in [-0.3, -0.25) is 9.59 Å². The molecule has 1 atom stereocenters. The highest BCUT2D eigenvalue weighted by Gasteiger charge is 2.09. The second-order valence-corrected chi connectivity index (χ2v) is 2.82. The predicted octanol–water partition coefficient (Wildman–Crippen LogP) is -0.262. The fourth-order valence-corrected chi connectivity index (χ4v) is 0.896. The molecule has 0 heterocycles. The third-order valence-electron chi connectivity index (χ3n) is 1.48. The van der Waals surface area contributed by atoms with Crippen LogP contribution in [0.15, 0.2) is 0 Å². The molecule has 0 radical (unpaired) electrons. The van der Waals surface area contributed by atoms with E-state index >= 15 is 0 Å². The quantitative estimate of drug-likeness (QED) is 0.537. The maximum Gasteiger partial charge on any atom is 0.322 e. The van der Waals surface area contributed by atoms with Crippen LogP contribution in [-0.2, 0) is 9.59 Å². The molecule has 3 N–H and O–H groups in total. The number of aliphatic carboxylic acids is 1. The number of amides is 1. The van der Waals surface area contributed by atoms with Crippen molar-refractivity contribution in [3.8, 4) is 0 Å². The maximum atomic E-state index is 10.9. The fraction of sp³-hybridized carbons (Fsp3) is 0.750. The van der Waals surface area contributed by atoms with Gasteiger partial charge in [0.25, 0.3) is 0 Å². The van der Waals surface area contributed by atoms with Crippen LogP contribution in [0.25, 0.3) is 0 Å². The Morgan fingerprint density at radius 1 is 1.46 bits per heavy atom. The van der Waals surface area contributed by atoms with Gasteiger partial charge in [0.15, 0.2) is 0 Å². The van der Waals surface area contributed by atoms with Crippen LogP contribution in [0.5, 0.6) is 0 Å². The molecule has 0 saturated carbocycles. The Hall–Kier alpha value is -1.10. The number of carbonyl (C=O) groups is 2. The van der Waals surface area contributed by atoms with Crippen molar-refractivity contribution in [2.75, 3.05) is 6.54 Å². The highest BCUT2D eigenvalue weighted by Crippen LogP contribution is 2.00. The Bertz CT molecular complexity index is 181. The second kappa shape index (κ2) is 6.42. The lowest BCUT2D eigenvalue weighted by Crippen LogP contribution is -2.31. The van der Waals surface area contributed by atoms with E-state index in [2.05, 4.69) is 5.32 Å². The minimum atomic E-state index is -1.08. The number of carboxylic acid groups (broad SMARTS) is 1. The lowest BCUT2D eigenvalue weighted by atomic mass is 10.1. The second-order valence-electron chi connectivity index (χ2n) is 2.82. The molecule has 0 rings (SSSR count). The molecule has 0 saturated heterocycles. The zero-order valence-corrected chi connectivity index (χ0v) is 7.62. The topological polar surface area (TPSA) is 86.6 Å². The van der Waals surface area contributed by atoms with Crippen molar-refractivity contribution >= 4 is 11.9 Å². The molecule has 5 nitrogen and oxygen atoms in total. The highest BCUT2D eigenvalue weighted by molar-refractivity contribution is 5.81. The van der Waals surface area contributed by atoms with Gasteiger partial charge in [0.2, 0.25) is 5.91 Å². The fourth-order valence-electron chi connectivity index (χ4n) is 0.896. The normalized spacial score (nSPS) is 12.2. The number of carbonyl (C=O) groups excluding carboxylic acids is 1. The molecule has 1 unspecified atom stereocenters. The van der Waals surface area contributed by atoms with Gasteiger partial charge < -0.3 is 15.5 Å². The Morgan fingerprint density at radius 2 is 2.08 bits per heavy atom. The van der Waals surface area contributed by atoms with Crippen LogP contribution < -0.4 is 5.32 Å². The zero-order valence-electron chi connectivity index (χ0n) is 7.62. The van der Waals surface area contributed by atoms with E-state index in [1.165, 1.54) is 0 Å². The predicted molar refractivity (Wildman–Crippen MR) is 46.2 cm³/mol. The first-order valence-corrected chi connectivity index (χ1v) is 4.22. The van der Waals surface area contributed by atoms with Gasteiger partial charge in [0.05, 0.1) is 12.5 Å². The van der Waals surface area contributed by atoms with Crippen molar-refractivity contribution in [2.24, 2.45) is 0 Å². The van der Waals surface area contributed by atoms with Crippen molar-refractivity contribution in [1.82, 2.24) is 5.32 Å². The Morgan fingerprint density at radius 3 is 2.54 bits per heavy atom. The smallest absolute Gasteiger partial charge is 0.322 e. The zero-order chi connectivity index (χ0) is 10.3. The summed E-state index contributed by atoms with van der Waals surface area (Å²) >= 11 is 0. The molecule has 0 aliphatic rings. The van der Waals surface area contributed by atoms with Crippen molar-refractivity contribution < 1.29 is 19.8 Å². The lowest BCUT2D eigenvalue weighted by Gasteiger charge is -2.07. The summed E-state index contributed by atoms with van der Waals surface area (Å²) in [5, 5.41) is 19.6. The number of aliphatic hydroxyl groups excluding tert-OH is 1. The largest absolute Gasteiger partial charge is 0.480 e. The molecule has 0 aromatic rings. The van der Waals surface area contributed by atoms with E-state index in [0.29, 0.717) is 6.42 Å². The van der Waals surface area contributed by atoms with E-state index in [-0.39, 0.29) is 6.42 Å². The van der Waals surface area contributed by atoms with Crippen molar-refractivity contribution in [3.63, 3.8) is 0 Å². The van der Waals surface area contributed by atoms with Crippen LogP contribution in [0.4, 0.5) is 0 Å². The van der Waals surface area contributed by atoms with Crippen LogP contribution in [0.2, 0.25) is 0 Å². The minimum Gasteiger partial charge on any atom is -0.480 e. The first kappa shape index (κ1) is 11.9. The van der Waals surface area contributed by atoms with E-state index in [1.54, 1.807) is 0 Å². The summed E-state index contributed by atoms with van der Waals surface area (Å²) in [6.45, 7) is 1.51. The molecular weight excluding hydrogens is 174 g/mol. The van der Waals surface area contributed by atoms with E-state index in [0.717, 1.165) is 6.42 Å². The SMILES string of the molecule is CCCC(O)CC(=O)NCC(=O)O. The van der Waals surface area contributed by atoms with E-state index in [1.807, 2.05) is 6.92 Å². The van der Waals surface area contributed by atoms with Gasteiger partial charge in [0, 0.05) is 0 Å². The summed E-state index contributed by atoms with van der Waals surface area (Å²) in [5.74, 6) is -1.51. The first-order chi connectivity index (χ1) is 6.06. The summed E-state index contributed by atoms with van der Waals surface area (Å²) in [4.78, 5) is 20.9. The first-order valence-electron chi connectivity index (χ1n) is 4.22. The molecule has 0 bridgehead atoms. The molecule has 0 spiro atoms. The number of rotatable bonds is 6. The van der Waals surface area contributed by atoms with Gasteiger partial charge in [-0.1, -0.05) is 13.3 Å². The number of hydrogen-bond donors (Lipinski definition) is 3. The van der Waals surface area contributed by atoms with Gasteiger partial charge in [-0.15, -0.1) is 0 Å². The van der Waals surface area contributed by atoms with Crippen LogP contribution in [-0.4, -0.2) is 34.7 Å². The Balaban J connectivity index is 3.55. The van der Waals surface area contributed by atoms with Crippen LogP contribution in [0, 0.1) is 0 Å². The van der Waals surface area contributed by atoms with Crippen molar-refractivity contribution in [2.45, 2.75) is 32.3 Å². The van der Waals surface area contributed by atoms with Gasteiger partial charge in [-0.05, 0) is 6.42 Å². The molecule has 0 aromatic heterocycles. The molecular formula is C8H15NO4. The lowest BCUT2D eigenvalue weighted by molar-refractivity contribution is -0.138. The number of nitrogens with one attached hydrogen (secondary N) is 1. The monoisotopic (exact) mass is 189 g/mol. The average molecular weight is 189 g/mol. The summed E-state index contributed by atoms with van der Waals surface area (Å²) in [6, 6.07) is 0. The molecule has 0 aromatic carbocycles. The summed E-state index contributed by atoms with van der Waals surface area (Å²) in [6.07, 6.45) is 0.661. The molecule has 76 valence electrons. The van der Waals surface area contributed by atoms with Crippen LogP contribution in [0.3, 0.4) is 0 Å². The molecule has 0 fully saturated rings. The van der Waals surface area contributed by atoms with Crippen LogP contribution >= 0.6 is 0 Å². The summed E-state index contributed by atoms with van der Waals surface area (Å²) in [5.41, 5.74) is 0. The molecule has 1 amide bonds. The van der Waals surface area contributed by atoms with Crippen molar-refractivity contribution in [3.05, 3.63) is 0 Å².